The zero-order valence-electron chi connectivity index (χ0n) is 38.3. The maximum absolute atomic E-state index is 12.7. The first-order valence-electron chi connectivity index (χ1n) is 24.1. The van der Waals surface area contributed by atoms with Crippen LogP contribution >= 0.6 is 7.82 Å². The summed E-state index contributed by atoms with van der Waals surface area (Å²) < 4.78 is 34.4. The molecule has 0 saturated heterocycles. The van der Waals surface area contributed by atoms with Crippen molar-refractivity contribution < 1.29 is 37.3 Å². The number of hydrogen-bond donors (Lipinski definition) is 0. The van der Waals surface area contributed by atoms with Crippen LogP contribution in [0.15, 0.2) is 24.5 Å². The van der Waals surface area contributed by atoms with Crippen molar-refractivity contribution in [2.75, 3.05) is 47.5 Å². The molecule has 0 aromatic heterocycles. The van der Waals surface area contributed by atoms with E-state index in [2.05, 4.69) is 26.0 Å². The van der Waals surface area contributed by atoms with Crippen LogP contribution < -0.4 is 4.89 Å². The molecule has 0 radical (unpaired) electrons. The van der Waals surface area contributed by atoms with Crippen molar-refractivity contribution in [3.8, 4) is 0 Å². The van der Waals surface area contributed by atoms with Gasteiger partial charge >= 0.3 is 5.97 Å². The van der Waals surface area contributed by atoms with Gasteiger partial charge in [-0.15, -0.1) is 0 Å². The second kappa shape index (κ2) is 41.5. The second-order valence-corrected chi connectivity index (χ2v) is 19.0. The Hall–Kier alpha value is -1.18. The van der Waals surface area contributed by atoms with Crippen molar-refractivity contribution in [3.05, 3.63) is 24.5 Å². The van der Waals surface area contributed by atoms with Crippen molar-refractivity contribution >= 4 is 13.8 Å². The summed E-state index contributed by atoms with van der Waals surface area (Å²) in [5.74, 6) is -0.358. The van der Waals surface area contributed by atoms with Gasteiger partial charge < -0.3 is 27.9 Å². The fourth-order valence-electron chi connectivity index (χ4n) is 6.80. The molecule has 57 heavy (non-hydrogen) atoms. The molecule has 9 heteroatoms. The number of allylic oxidation sites excluding steroid dienone is 3. The number of nitrogens with zero attached hydrogens (tertiary/aromatic N) is 1. The predicted octanol–water partition coefficient (Wildman–Crippen LogP) is 14.1. The van der Waals surface area contributed by atoms with Crippen LogP contribution in [0.4, 0.5) is 0 Å². The lowest BCUT2D eigenvalue weighted by Crippen LogP contribution is -2.37. The van der Waals surface area contributed by atoms with Crippen molar-refractivity contribution in [2.45, 2.75) is 232 Å². The number of rotatable bonds is 45. The Morgan fingerprint density at radius 3 is 1.35 bits per heavy atom. The van der Waals surface area contributed by atoms with E-state index in [1.165, 1.54) is 173 Å². The minimum atomic E-state index is -4.54. The topological polar surface area (TPSA) is 94.1 Å². The SMILES string of the molecule is CCCCCCCC/C=C/CCCCCCCCCC(=O)O[C@H](CO/C=C/CCCCCCCCCCCCCCCCCC)COP(=O)([O-])OCC[N+](C)(C)C. The van der Waals surface area contributed by atoms with E-state index in [1.54, 1.807) is 6.26 Å². The summed E-state index contributed by atoms with van der Waals surface area (Å²) in [5.41, 5.74) is 0. The molecule has 0 aliphatic carbocycles. The number of carbonyl (C=O) groups is 1. The molecule has 0 heterocycles. The van der Waals surface area contributed by atoms with Gasteiger partial charge in [-0.1, -0.05) is 187 Å². The zero-order chi connectivity index (χ0) is 42.0. The second-order valence-electron chi connectivity index (χ2n) is 17.5. The Bertz CT molecular complexity index is 967. The van der Waals surface area contributed by atoms with Gasteiger partial charge in [0, 0.05) is 6.42 Å². The summed E-state index contributed by atoms with van der Waals surface area (Å²) in [7, 11) is 1.33. The first-order valence-corrected chi connectivity index (χ1v) is 25.6. The fraction of sp³-hybridized carbons (Fsp3) is 0.896. The lowest BCUT2D eigenvalue weighted by molar-refractivity contribution is -0.870. The normalized spacial score (nSPS) is 13.8. The van der Waals surface area contributed by atoms with E-state index >= 15 is 0 Å². The molecular formula is C48H94NO7P. The van der Waals surface area contributed by atoms with Crippen LogP contribution in [0.2, 0.25) is 0 Å². The molecule has 0 aromatic carbocycles. The standard InChI is InChI=1S/C48H94NO7P/c1-6-8-10-12-14-16-18-20-22-24-26-28-30-32-34-36-38-40-43-53-45-47(46-55-57(51,52)54-44-42-49(3,4)5)56-48(50)41-39-37-35-33-31-29-27-25-23-21-19-17-15-13-11-9-7-2/h21,23,40,43,47H,6-20,22,24-39,41-42,44-46H2,1-5H3/b23-21+,43-40+/t47-/m1/s1. The summed E-state index contributed by atoms with van der Waals surface area (Å²) in [6.07, 6.45) is 48.6. The molecule has 0 amide bonds. The molecular weight excluding hydrogens is 734 g/mol. The molecule has 0 aliphatic heterocycles. The fourth-order valence-corrected chi connectivity index (χ4v) is 7.53. The first-order chi connectivity index (χ1) is 27.6. The first kappa shape index (κ1) is 55.8. The molecule has 8 nitrogen and oxygen atoms in total. The van der Waals surface area contributed by atoms with Crippen LogP contribution in [0.1, 0.15) is 226 Å². The average Bonchev–Trinajstić information content (AvgIpc) is 3.16. The third kappa shape index (κ3) is 45.7. The summed E-state index contributed by atoms with van der Waals surface area (Å²) in [4.78, 5) is 25.1. The van der Waals surface area contributed by atoms with Crippen LogP contribution in [0, 0.1) is 0 Å². The van der Waals surface area contributed by atoms with Crippen LogP contribution in [-0.2, 0) is 27.9 Å². The van der Waals surface area contributed by atoms with Crippen LogP contribution in [0.3, 0.4) is 0 Å². The molecule has 0 aromatic rings. The monoisotopic (exact) mass is 828 g/mol. The zero-order valence-corrected chi connectivity index (χ0v) is 39.2. The Morgan fingerprint density at radius 1 is 0.544 bits per heavy atom. The van der Waals surface area contributed by atoms with Crippen molar-refractivity contribution in [3.63, 3.8) is 0 Å². The van der Waals surface area contributed by atoms with E-state index in [4.69, 9.17) is 18.5 Å². The molecule has 0 rings (SSSR count). The molecule has 0 saturated carbocycles. The van der Waals surface area contributed by atoms with Gasteiger partial charge in [0.25, 0.3) is 7.82 Å². The maximum Gasteiger partial charge on any atom is 0.306 e. The third-order valence-electron chi connectivity index (χ3n) is 10.6. The molecule has 1 unspecified atom stereocenters. The van der Waals surface area contributed by atoms with Crippen molar-refractivity contribution in [1.29, 1.82) is 0 Å². The van der Waals surface area contributed by atoms with Crippen LogP contribution in [0.5, 0.6) is 0 Å². The van der Waals surface area contributed by atoms with E-state index in [0.29, 0.717) is 17.4 Å². The number of likely N-dealkylation sites (N-methyl/N-ethyl adjacent to an activating group) is 1. The molecule has 0 N–H and O–H groups in total. The van der Waals surface area contributed by atoms with E-state index in [0.717, 1.165) is 32.1 Å². The highest BCUT2D eigenvalue weighted by molar-refractivity contribution is 7.45. The number of unbranched alkanes of at least 4 members (excludes halogenated alkanes) is 29. The summed E-state index contributed by atoms with van der Waals surface area (Å²) in [6, 6.07) is 0. The largest absolute Gasteiger partial charge is 0.756 e. The highest BCUT2D eigenvalue weighted by Crippen LogP contribution is 2.38. The minimum absolute atomic E-state index is 0.0175. The summed E-state index contributed by atoms with van der Waals surface area (Å²) in [6.45, 7) is 4.76. The Balaban J connectivity index is 4.22. The van der Waals surface area contributed by atoms with E-state index in [-0.39, 0.29) is 25.8 Å². The van der Waals surface area contributed by atoms with E-state index in [9.17, 15) is 14.3 Å². The van der Waals surface area contributed by atoms with Gasteiger partial charge in [0.1, 0.15) is 19.8 Å². The van der Waals surface area contributed by atoms with Gasteiger partial charge in [0.05, 0.1) is 34.0 Å². The van der Waals surface area contributed by atoms with Crippen molar-refractivity contribution in [1.82, 2.24) is 0 Å². The van der Waals surface area contributed by atoms with E-state index < -0.39 is 13.9 Å². The molecule has 0 aliphatic rings. The number of quaternary nitrogens is 1. The van der Waals surface area contributed by atoms with Gasteiger partial charge in [0.2, 0.25) is 0 Å². The third-order valence-corrected chi connectivity index (χ3v) is 11.5. The molecule has 2 atom stereocenters. The maximum atomic E-state index is 12.7. The lowest BCUT2D eigenvalue weighted by atomic mass is 10.0. The Kier molecular flexibility index (Phi) is 40.7. The number of phosphoric acid groups is 1. The van der Waals surface area contributed by atoms with Gasteiger partial charge in [0.15, 0.2) is 6.10 Å². The average molecular weight is 828 g/mol. The Morgan fingerprint density at radius 2 is 0.930 bits per heavy atom. The molecule has 0 spiro atoms. The number of ether oxygens (including phenoxy) is 2. The predicted molar refractivity (Wildman–Crippen MR) is 240 cm³/mol. The van der Waals surface area contributed by atoms with Crippen LogP contribution in [0.25, 0.3) is 0 Å². The smallest absolute Gasteiger partial charge is 0.306 e. The number of hydrogen-bond acceptors (Lipinski definition) is 7. The molecule has 0 bridgehead atoms. The number of esters is 1. The van der Waals surface area contributed by atoms with Gasteiger partial charge in [-0.25, -0.2) is 0 Å². The van der Waals surface area contributed by atoms with E-state index in [1.807, 2.05) is 27.2 Å². The Labute approximate surface area is 353 Å². The molecule has 0 fully saturated rings. The number of carbonyl (C=O) groups excluding carboxylic acids is 1. The van der Waals surface area contributed by atoms with Crippen LogP contribution in [-0.4, -0.2) is 64.1 Å². The van der Waals surface area contributed by atoms with Gasteiger partial charge in [-0.2, -0.15) is 0 Å². The summed E-state index contributed by atoms with van der Waals surface area (Å²) >= 11 is 0. The summed E-state index contributed by atoms with van der Waals surface area (Å²) in [5, 5.41) is 0. The minimum Gasteiger partial charge on any atom is -0.756 e. The molecule has 338 valence electrons. The lowest BCUT2D eigenvalue weighted by Gasteiger charge is -2.28. The highest BCUT2D eigenvalue weighted by Gasteiger charge is 2.20. The number of phosphoric ester groups is 1. The van der Waals surface area contributed by atoms with Crippen molar-refractivity contribution in [2.24, 2.45) is 0 Å². The van der Waals surface area contributed by atoms with Gasteiger partial charge in [-0.05, 0) is 51.0 Å². The quantitative estimate of drug-likeness (QED) is 0.0151. The highest BCUT2D eigenvalue weighted by atomic mass is 31.2. The van der Waals surface area contributed by atoms with Gasteiger partial charge in [-0.3, -0.25) is 9.36 Å².